The quantitative estimate of drug-likeness (QED) is 0.824. The van der Waals surface area contributed by atoms with Crippen LogP contribution in [0.4, 0.5) is 0 Å². The van der Waals surface area contributed by atoms with Crippen LogP contribution in [0.15, 0.2) is 33.3 Å². The normalized spacial score (nSPS) is 18.5. The fraction of sp³-hybridized carbons (Fsp3) is 0.500. The molecule has 0 aliphatic carbocycles. The van der Waals surface area contributed by atoms with Gasteiger partial charge in [-0.1, -0.05) is 21.1 Å². The Hall–Kier alpha value is -1.73. The minimum absolute atomic E-state index is 0.0324. The van der Waals surface area contributed by atoms with E-state index in [-0.39, 0.29) is 17.9 Å². The van der Waals surface area contributed by atoms with Gasteiger partial charge >= 0.3 is 0 Å². The zero-order valence-corrected chi connectivity index (χ0v) is 16.1. The monoisotopic (exact) mass is 406 g/mol. The smallest absolute Gasteiger partial charge is 0.241 e. The number of carbonyl (C=O) groups is 1. The summed E-state index contributed by atoms with van der Waals surface area (Å²) >= 11 is 3.42. The molecule has 1 fully saturated rings. The molecule has 1 amide bonds. The van der Waals surface area contributed by atoms with Crippen LogP contribution >= 0.6 is 15.9 Å². The van der Waals surface area contributed by atoms with Gasteiger partial charge in [-0.3, -0.25) is 9.69 Å². The number of likely N-dealkylation sites (tertiary alicyclic amines) is 1. The number of hydrogen-bond donors (Lipinski definition) is 1. The van der Waals surface area contributed by atoms with Gasteiger partial charge in [0.25, 0.3) is 0 Å². The third kappa shape index (κ3) is 4.89. The highest BCUT2D eigenvalue weighted by Gasteiger charge is 2.27. The lowest BCUT2D eigenvalue weighted by molar-refractivity contribution is -0.127. The van der Waals surface area contributed by atoms with Crippen LogP contribution < -0.4 is 5.32 Å². The van der Waals surface area contributed by atoms with Gasteiger partial charge in [0.1, 0.15) is 0 Å². The Bertz CT molecular complexity index is 714. The lowest BCUT2D eigenvalue weighted by atomic mass is 9.97. The van der Waals surface area contributed by atoms with Crippen molar-refractivity contribution in [3.8, 4) is 11.4 Å². The summed E-state index contributed by atoms with van der Waals surface area (Å²) in [5, 5.41) is 7.07. The van der Waals surface area contributed by atoms with Crippen LogP contribution in [0.1, 0.15) is 32.6 Å². The number of benzene rings is 1. The summed E-state index contributed by atoms with van der Waals surface area (Å²) in [5.41, 5.74) is 0.922. The molecule has 0 radical (unpaired) electrons. The highest BCUT2D eigenvalue weighted by atomic mass is 79.9. The van der Waals surface area contributed by atoms with Crippen molar-refractivity contribution in [1.29, 1.82) is 0 Å². The number of amides is 1. The highest BCUT2D eigenvalue weighted by molar-refractivity contribution is 9.10. The molecule has 1 saturated heterocycles. The molecule has 1 aromatic carbocycles. The predicted molar refractivity (Wildman–Crippen MR) is 98.7 cm³/mol. The van der Waals surface area contributed by atoms with Crippen LogP contribution in [0, 0.1) is 5.92 Å². The minimum atomic E-state index is 0.0324. The number of hydrogen-bond acceptors (Lipinski definition) is 5. The standard InChI is InChI=1S/C18H23BrN4O2/c1-12(2)20-18(24)14-4-3-9-23(10-14)11-16-21-17(22-25-16)13-5-7-15(19)8-6-13/h5-8,12,14H,3-4,9-11H2,1-2H3,(H,20,24). The summed E-state index contributed by atoms with van der Waals surface area (Å²) in [5.74, 6) is 1.35. The SMILES string of the molecule is CC(C)NC(=O)C1CCCN(Cc2nc(-c3ccc(Br)cc3)no2)C1. The molecule has 3 rings (SSSR count). The van der Waals surface area contributed by atoms with E-state index in [2.05, 4.69) is 36.3 Å². The van der Waals surface area contributed by atoms with Gasteiger partial charge in [-0.15, -0.1) is 0 Å². The Morgan fingerprint density at radius 2 is 2.16 bits per heavy atom. The molecule has 1 atom stereocenters. The maximum absolute atomic E-state index is 12.2. The number of rotatable bonds is 5. The molecule has 2 heterocycles. The van der Waals surface area contributed by atoms with Gasteiger partial charge in [0, 0.05) is 22.6 Å². The van der Waals surface area contributed by atoms with E-state index in [1.165, 1.54) is 0 Å². The van der Waals surface area contributed by atoms with E-state index in [0.29, 0.717) is 18.3 Å². The molecule has 0 spiro atoms. The Morgan fingerprint density at radius 3 is 2.88 bits per heavy atom. The van der Waals surface area contributed by atoms with Gasteiger partial charge in [0.15, 0.2) is 0 Å². The first kappa shape index (κ1) is 18.1. The Labute approximate surface area is 156 Å². The molecular weight excluding hydrogens is 384 g/mol. The lowest BCUT2D eigenvalue weighted by Gasteiger charge is -2.31. The number of aromatic nitrogens is 2. The van der Waals surface area contributed by atoms with Crippen molar-refractivity contribution in [2.75, 3.05) is 13.1 Å². The summed E-state index contributed by atoms with van der Waals surface area (Å²) < 4.78 is 6.41. The minimum Gasteiger partial charge on any atom is -0.354 e. The molecule has 25 heavy (non-hydrogen) atoms. The third-order valence-corrected chi connectivity index (χ3v) is 4.77. The molecule has 0 saturated carbocycles. The molecule has 1 unspecified atom stereocenters. The first-order valence-corrected chi connectivity index (χ1v) is 9.42. The van der Waals surface area contributed by atoms with E-state index in [4.69, 9.17) is 4.52 Å². The topological polar surface area (TPSA) is 71.3 Å². The molecule has 1 N–H and O–H groups in total. The van der Waals surface area contributed by atoms with E-state index in [9.17, 15) is 4.79 Å². The van der Waals surface area contributed by atoms with E-state index in [0.717, 1.165) is 36.0 Å². The van der Waals surface area contributed by atoms with Crippen LogP contribution in [0.3, 0.4) is 0 Å². The van der Waals surface area contributed by atoms with Crippen molar-refractivity contribution in [3.63, 3.8) is 0 Å². The number of carbonyl (C=O) groups excluding carboxylic acids is 1. The maximum Gasteiger partial charge on any atom is 0.241 e. The largest absolute Gasteiger partial charge is 0.354 e. The average molecular weight is 407 g/mol. The molecule has 1 aromatic heterocycles. The number of piperidine rings is 1. The van der Waals surface area contributed by atoms with Gasteiger partial charge in [-0.25, -0.2) is 0 Å². The Morgan fingerprint density at radius 1 is 1.40 bits per heavy atom. The predicted octanol–water partition coefficient (Wildman–Crippen LogP) is 3.24. The van der Waals surface area contributed by atoms with Crippen molar-refractivity contribution in [2.45, 2.75) is 39.3 Å². The van der Waals surface area contributed by atoms with Crippen LogP contribution in [0.2, 0.25) is 0 Å². The molecule has 134 valence electrons. The van der Waals surface area contributed by atoms with Crippen molar-refractivity contribution in [1.82, 2.24) is 20.4 Å². The molecule has 2 aromatic rings. The Balaban J connectivity index is 1.60. The van der Waals surface area contributed by atoms with E-state index in [1.54, 1.807) is 0 Å². The van der Waals surface area contributed by atoms with Gasteiger partial charge in [0.05, 0.1) is 12.5 Å². The van der Waals surface area contributed by atoms with Gasteiger partial charge in [0.2, 0.25) is 17.6 Å². The lowest BCUT2D eigenvalue weighted by Crippen LogP contribution is -2.44. The van der Waals surface area contributed by atoms with E-state index < -0.39 is 0 Å². The summed E-state index contributed by atoms with van der Waals surface area (Å²) in [6.45, 7) is 6.23. The zero-order valence-electron chi connectivity index (χ0n) is 14.5. The summed E-state index contributed by atoms with van der Waals surface area (Å²) in [4.78, 5) is 18.9. The van der Waals surface area contributed by atoms with Crippen molar-refractivity contribution < 1.29 is 9.32 Å². The fourth-order valence-corrected chi connectivity index (χ4v) is 3.31. The fourth-order valence-electron chi connectivity index (χ4n) is 3.04. The molecule has 7 heteroatoms. The van der Waals surface area contributed by atoms with Gasteiger partial charge < -0.3 is 9.84 Å². The second-order valence-electron chi connectivity index (χ2n) is 6.76. The van der Waals surface area contributed by atoms with Gasteiger partial charge in [-0.2, -0.15) is 4.98 Å². The average Bonchev–Trinajstić information content (AvgIpc) is 3.03. The number of halogens is 1. The van der Waals surface area contributed by atoms with E-state index >= 15 is 0 Å². The van der Waals surface area contributed by atoms with Crippen LogP contribution in [-0.2, 0) is 11.3 Å². The Kier molecular flexibility index (Phi) is 5.86. The van der Waals surface area contributed by atoms with Gasteiger partial charge in [-0.05, 0) is 57.5 Å². The van der Waals surface area contributed by atoms with Crippen molar-refractivity contribution >= 4 is 21.8 Å². The first-order valence-electron chi connectivity index (χ1n) is 8.62. The van der Waals surface area contributed by atoms with Crippen molar-refractivity contribution in [2.24, 2.45) is 5.92 Å². The van der Waals surface area contributed by atoms with Crippen LogP contribution in [-0.4, -0.2) is 40.1 Å². The highest BCUT2D eigenvalue weighted by Crippen LogP contribution is 2.21. The summed E-state index contributed by atoms with van der Waals surface area (Å²) in [6.07, 6.45) is 1.94. The van der Waals surface area contributed by atoms with E-state index in [1.807, 2.05) is 38.1 Å². The van der Waals surface area contributed by atoms with Crippen LogP contribution in [0.25, 0.3) is 11.4 Å². The first-order chi connectivity index (χ1) is 12.0. The third-order valence-electron chi connectivity index (χ3n) is 4.24. The second-order valence-corrected chi connectivity index (χ2v) is 7.67. The second kappa shape index (κ2) is 8.10. The maximum atomic E-state index is 12.2. The number of nitrogens with zero attached hydrogens (tertiary/aromatic N) is 3. The summed E-state index contributed by atoms with van der Waals surface area (Å²) in [7, 11) is 0. The summed E-state index contributed by atoms with van der Waals surface area (Å²) in [6, 6.07) is 7.98. The molecule has 1 aliphatic rings. The molecule has 1 aliphatic heterocycles. The number of nitrogens with one attached hydrogen (secondary N) is 1. The molecular formula is C18H23BrN4O2. The molecule has 0 bridgehead atoms. The molecule has 6 nitrogen and oxygen atoms in total. The van der Waals surface area contributed by atoms with Crippen molar-refractivity contribution in [3.05, 3.63) is 34.6 Å². The zero-order chi connectivity index (χ0) is 17.8. The van der Waals surface area contributed by atoms with Crippen LogP contribution in [0.5, 0.6) is 0 Å².